The van der Waals surface area contributed by atoms with E-state index in [1.807, 2.05) is 18.5 Å². The number of imidazole rings is 1. The number of aromatic nitrogens is 4. The number of nitrogens with zero attached hydrogens (tertiary/aromatic N) is 6. The van der Waals surface area contributed by atoms with Crippen molar-refractivity contribution in [3.8, 4) is 0 Å². The molecule has 1 saturated heterocycles. The summed E-state index contributed by atoms with van der Waals surface area (Å²) in [6, 6.07) is 2.09. The van der Waals surface area contributed by atoms with Crippen LogP contribution >= 0.6 is 11.3 Å². The Labute approximate surface area is 145 Å². The van der Waals surface area contributed by atoms with Crippen LogP contribution in [-0.4, -0.2) is 50.4 Å². The number of anilines is 1. The van der Waals surface area contributed by atoms with Crippen LogP contribution in [0, 0.1) is 13.8 Å². The first kappa shape index (κ1) is 15.5. The van der Waals surface area contributed by atoms with E-state index in [0.717, 1.165) is 61.4 Å². The molecule has 1 fully saturated rings. The minimum Gasteiger partial charge on any atom is -0.347 e. The third-order valence-corrected chi connectivity index (χ3v) is 5.31. The van der Waals surface area contributed by atoms with Gasteiger partial charge in [0, 0.05) is 61.9 Å². The molecule has 3 aromatic heterocycles. The van der Waals surface area contributed by atoms with Crippen molar-refractivity contribution < 1.29 is 0 Å². The lowest BCUT2D eigenvalue weighted by Gasteiger charge is -2.20. The van der Waals surface area contributed by atoms with Crippen molar-refractivity contribution in [2.45, 2.75) is 26.8 Å². The van der Waals surface area contributed by atoms with Crippen LogP contribution in [0.3, 0.4) is 0 Å². The molecule has 0 aromatic carbocycles. The molecule has 0 saturated carbocycles. The first-order chi connectivity index (χ1) is 11.7. The average Bonchev–Trinajstić information content (AvgIpc) is 3.14. The molecule has 4 rings (SSSR count). The molecule has 0 N–H and O–H groups in total. The Morgan fingerprint density at radius 2 is 2.04 bits per heavy atom. The first-order valence-electron chi connectivity index (χ1n) is 8.38. The Morgan fingerprint density at radius 1 is 1.12 bits per heavy atom. The lowest BCUT2D eigenvalue weighted by Crippen LogP contribution is -2.30. The van der Waals surface area contributed by atoms with Gasteiger partial charge in [0.25, 0.3) is 0 Å². The molecule has 126 valence electrons. The lowest BCUT2D eigenvalue weighted by molar-refractivity contribution is 0.282. The summed E-state index contributed by atoms with van der Waals surface area (Å²) in [5, 5.41) is 3.19. The number of thiazole rings is 1. The van der Waals surface area contributed by atoms with Gasteiger partial charge in [-0.25, -0.2) is 15.0 Å². The maximum absolute atomic E-state index is 4.71. The number of aryl methyl sites for hydroxylation is 2. The highest BCUT2D eigenvalue weighted by molar-refractivity contribution is 7.13. The molecule has 0 bridgehead atoms. The second-order valence-electron chi connectivity index (χ2n) is 6.37. The van der Waals surface area contributed by atoms with Gasteiger partial charge in [-0.2, -0.15) is 0 Å². The number of fused-ring (bicyclic) bond motifs is 1. The maximum atomic E-state index is 4.71. The Morgan fingerprint density at radius 3 is 2.88 bits per heavy atom. The fraction of sp³-hybridized carbons (Fsp3) is 0.471. The van der Waals surface area contributed by atoms with Crippen molar-refractivity contribution in [3.05, 3.63) is 40.9 Å². The Bertz CT molecular complexity index is 825. The molecule has 1 aliphatic heterocycles. The van der Waals surface area contributed by atoms with E-state index in [1.54, 1.807) is 11.3 Å². The van der Waals surface area contributed by atoms with Gasteiger partial charge in [0.1, 0.15) is 0 Å². The fourth-order valence-corrected chi connectivity index (χ4v) is 4.01. The molecule has 0 amide bonds. The average molecular weight is 342 g/mol. The Kier molecular flexibility index (Phi) is 4.20. The van der Waals surface area contributed by atoms with E-state index in [4.69, 9.17) is 4.98 Å². The molecule has 1 aliphatic rings. The van der Waals surface area contributed by atoms with E-state index in [2.05, 4.69) is 43.4 Å². The van der Waals surface area contributed by atoms with E-state index in [1.165, 1.54) is 5.69 Å². The summed E-state index contributed by atoms with van der Waals surface area (Å²) >= 11 is 1.72. The zero-order valence-corrected chi connectivity index (χ0v) is 15.0. The summed E-state index contributed by atoms with van der Waals surface area (Å²) in [7, 11) is 0. The van der Waals surface area contributed by atoms with Gasteiger partial charge in [0.05, 0.1) is 5.69 Å². The summed E-state index contributed by atoms with van der Waals surface area (Å²) in [6.07, 6.45) is 5.17. The molecule has 0 radical (unpaired) electrons. The van der Waals surface area contributed by atoms with Gasteiger partial charge < -0.3 is 4.90 Å². The summed E-state index contributed by atoms with van der Waals surface area (Å²) < 4.78 is 2.09. The molecule has 0 aliphatic carbocycles. The van der Waals surface area contributed by atoms with Crippen molar-refractivity contribution in [3.63, 3.8) is 0 Å². The highest BCUT2D eigenvalue weighted by Gasteiger charge is 2.18. The zero-order chi connectivity index (χ0) is 16.5. The lowest BCUT2D eigenvalue weighted by atomic mass is 10.3. The van der Waals surface area contributed by atoms with Crippen LogP contribution in [0.5, 0.6) is 0 Å². The van der Waals surface area contributed by atoms with Crippen LogP contribution in [0.25, 0.3) is 5.78 Å². The van der Waals surface area contributed by atoms with Crippen LogP contribution < -0.4 is 4.90 Å². The second-order valence-corrected chi connectivity index (χ2v) is 7.25. The molecule has 0 unspecified atom stereocenters. The van der Waals surface area contributed by atoms with Crippen LogP contribution in [0.2, 0.25) is 0 Å². The van der Waals surface area contributed by atoms with Crippen LogP contribution in [-0.2, 0) is 6.54 Å². The molecule has 3 aromatic rings. The van der Waals surface area contributed by atoms with Crippen molar-refractivity contribution in [2.24, 2.45) is 0 Å². The van der Waals surface area contributed by atoms with Crippen LogP contribution in [0.1, 0.15) is 23.5 Å². The minimum atomic E-state index is 0.807. The van der Waals surface area contributed by atoms with E-state index < -0.39 is 0 Å². The highest BCUT2D eigenvalue weighted by Crippen LogP contribution is 2.19. The van der Waals surface area contributed by atoms with Crippen molar-refractivity contribution >= 4 is 22.2 Å². The molecule has 0 spiro atoms. The third kappa shape index (κ3) is 3.14. The number of rotatable bonds is 3. The maximum Gasteiger partial charge on any atom is 0.234 e. The quantitative estimate of drug-likeness (QED) is 0.732. The largest absolute Gasteiger partial charge is 0.347 e. The van der Waals surface area contributed by atoms with Gasteiger partial charge in [0.2, 0.25) is 5.78 Å². The smallest absolute Gasteiger partial charge is 0.234 e. The molecular weight excluding hydrogens is 320 g/mol. The van der Waals surface area contributed by atoms with Gasteiger partial charge in [0.15, 0.2) is 5.13 Å². The van der Waals surface area contributed by atoms with E-state index in [0.29, 0.717) is 0 Å². The normalized spacial score (nSPS) is 16.7. The number of hydrogen-bond donors (Lipinski definition) is 0. The van der Waals surface area contributed by atoms with Gasteiger partial charge in [-0.15, -0.1) is 11.3 Å². The van der Waals surface area contributed by atoms with Crippen molar-refractivity contribution in [1.29, 1.82) is 0 Å². The summed E-state index contributed by atoms with van der Waals surface area (Å²) in [5.41, 5.74) is 3.30. The van der Waals surface area contributed by atoms with Gasteiger partial charge >= 0.3 is 0 Å². The Hall–Kier alpha value is -1.99. The number of hydrogen-bond acceptors (Lipinski definition) is 6. The van der Waals surface area contributed by atoms with Crippen molar-refractivity contribution in [2.75, 3.05) is 31.1 Å². The molecule has 7 heteroatoms. The summed E-state index contributed by atoms with van der Waals surface area (Å²) in [4.78, 5) is 18.6. The standard InChI is InChI=1S/C17H22N6S/c1-13-10-14(2)23-12-15(20-16(23)19-13)11-21-5-3-6-22(8-7-21)17-18-4-9-24-17/h4,9-10,12H,3,5-8,11H2,1-2H3. The SMILES string of the molecule is Cc1cc(C)n2cc(CN3CCCN(c4nccs4)CC3)nc2n1. The predicted octanol–water partition coefficient (Wildman–Crippen LogP) is 2.51. The van der Waals surface area contributed by atoms with Gasteiger partial charge in [-0.05, 0) is 26.3 Å². The van der Waals surface area contributed by atoms with E-state index in [9.17, 15) is 0 Å². The van der Waals surface area contributed by atoms with Crippen LogP contribution in [0.4, 0.5) is 5.13 Å². The summed E-state index contributed by atoms with van der Waals surface area (Å²) in [5.74, 6) is 0.807. The summed E-state index contributed by atoms with van der Waals surface area (Å²) in [6.45, 7) is 9.24. The third-order valence-electron chi connectivity index (χ3n) is 4.48. The highest BCUT2D eigenvalue weighted by atomic mass is 32.1. The topological polar surface area (TPSA) is 49.6 Å². The molecule has 24 heavy (non-hydrogen) atoms. The molecule has 6 nitrogen and oxygen atoms in total. The monoisotopic (exact) mass is 342 g/mol. The molecular formula is C17H22N6S. The van der Waals surface area contributed by atoms with Gasteiger partial charge in [-0.1, -0.05) is 0 Å². The minimum absolute atomic E-state index is 0.807. The van der Waals surface area contributed by atoms with Crippen LogP contribution in [0.15, 0.2) is 23.8 Å². The molecule has 4 heterocycles. The fourth-order valence-electron chi connectivity index (χ4n) is 3.32. The zero-order valence-electron chi connectivity index (χ0n) is 14.1. The predicted molar refractivity (Wildman–Crippen MR) is 96.7 cm³/mol. The van der Waals surface area contributed by atoms with E-state index in [-0.39, 0.29) is 0 Å². The Balaban J connectivity index is 1.46. The first-order valence-corrected chi connectivity index (χ1v) is 9.26. The van der Waals surface area contributed by atoms with Crippen molar-refractivity contribution in [1.82, 2.24) is 24.3 Å². The van der Waals surface area contributed by atoms with E-state index >= 15 is 0 Å². The molecule has 0 atom stereocenters. The van der Waals surface area contributed by atoms with Gasteiger partial charge in [-0.3, -0.25) is 9.30 Å². The second kappa shape index (κ2) is 6.49.